The van der Waals surface area contributed by atoms with Crippen molar-refractivity contribution in [2.45, 2.75) is 76.0 Å². The molecule has 2 N–H and O–H groups in total. The zero-order valence-corrected chi connectivity index (χ0v) is 15.4. The normalized spacial score (nSPS) is 55.3. The minimum absolute atomic E-state index is 0.0370. The molecule has 4 fully saturated rings. The van der Waals surface area contributed by atoms with Crippen molar-refractivity contribution in [3.8, 4) is 0 Å². The topological polar surface area (TPSA) is 92.4 Å². The second kappa shape index (κ2) is 4.72. The Labute approximate surface area is 152 Å². The predicted octanol–water partition coefficient (Wildman–Crippen LogP) is 2.34. The van der Waals surface area contributed by atoms with E-state index in [0.717, 1.165) is 5.56 Å². The zero-order chi connectivity index (χ0) is 18.5. The summed E-state index contributed by atoms with van der Waals surface area (Å²) in [6.07, 6.45) is 3.98. The second-order valence-electron chi connectivity index (χ2n) is 9.09. The number of hydrogen-bond acceptors (Lipinski definition) is 6. The van der Waals surface area contributed by atoms with Crippen LogP contribution in [0.25, 0.3) is 0 Å². The van der Waals surface area contributed by atoms with Crippen LogP contribution in [0, 0.1) is 16.7 Å². The van der Waals surface area contributed by atoms with E-state index in [1.165, 1.54) is 0 Å². The van der Waals surface area contributed by atoms with E-state index in [2.05, 4.69) is 0 Å². The highest BCUT2D eigenvalue weighted by atomic mass is 16.6. The summed E-state index contributed by atoms with van der Waals surface area (Å²) in [6.45, 7) is 5.80. The number of furan rings is 1. The van der Waals surface area contributed by atoms with E-state index in [4.69, 9.17) is 13.9 Å². The van der Waals surface area contributed by atoms with Crippen LogP contribution in [0.1, 0.15) is 58.1 Å². The fourth-order valence-corrected chi connectivity index (χ4v) is 6.57. The molecule has 3 heterocycles. The van der Waals surface area contributed by atoms with Crippen LogP contribution in [0.2, 0.25) is 0 Å². The van der Waals surface area contributed by atoms with Gasteiger partial charge in [0.2, 0.25) is 0 Å². The first-order chi connectivity index (χ1) is 12.2. The second-order valence-corrected chi connectivity index (χ2v) is 9.09. The smallest absolute Gasteiger partial charge is 0.316 e. The standard InChI is InChI=1S/C20H26O6/c1-11-8-14(21)17(2)18(3)15(26-18)4-6-20(17,23)19(11)9-13(25-16(19)22)12-5-7-24-10-12/h5,7,10-11,13-15,21,23H,4,6,8-9H2,1-3H3. The molecule has 26 heavy (non-hydrogen) atoms. The van der Waals surface area contributed by atoms with E-state index in [0.29, 0.717) is 25.7 Å². The van der Waals surface area contributed by atoms with Crippen molar-refractivity contribution in [2.75, 3.05) is 0 Å². The predicted molar refractivity (Wildman–Crippen MR) is 89.9 cm³/mol. The average Bonchev–Trinajstić information content (AvgIpc) is 2.97. The van der Waals surface area contributed by atoms with Crippen molar-refractivity contribution < 1.29 is 28.9 Å². The average molecular weight is 362 g/mol. The van der Waals surface area contributed by atoms with Crippen molar-refractivity contribution in [2.24, 2.45) is 16.7 Å². The molecule has 8 atom stereocenters. The van der Waals surface area contributed by atoms with Gasteiger partial charge in [-0.25, -0.2) is 0 Å². The van der Waals surface area contributed by atoms with Crippen LogP contribution in [0.3, 0.4) is 0 Å². The van der Waals surface area contributed by atoms with Crippen LogP contribution < -0.4 is 0 Å². The summed E-state index contributed by atoms with van der Waals surface area (Å²) in [7, 11) is 0. The summed E-state index contributed by atoms with van der Waals surface area (Å²) < 4.78 is 16.9. The third-order valence-electron chi connectivity index (χ3n) is 8.46. The molecule has 2 saturated heterocycles. The summed E-state index contributed by atoms with van der Waals surface area (Å²) >= 11 is 0. The SMILES string of the molecule is CC1CC(O)C2(C)C3(C)OC3CCC2(O)C12CC(c1ccoc1)OC2=O. The first-order valence-corrected chi connectivity index (χ1v) is 9.52. The van der Waals surface area contributed by atoms with Gasteiger partial charge in [-0.3, -0.25) is 4.79 Å². The molecule has 0 amide bonds. The van der Waals surface area contributed by atoms with E-state index in [-0.39, 0.29) is 18.0 Å². The van der Waals surface area contributed by atoms with Gasteiger partial charge in [0.15, 0.2) is 0 Å². The number of aliphatic hydroxyl groups excluding tert-OH is 1. The Bertz CT molecular complexity index is 760. The Kier molecular flexibility index (Phi) is 3.05. The molecule has 1 aromatic heterocycles. The molecule has 2 saturated carbocycles. The van der Waals surface area contributed by atoms with Crippen LogP contribution in [0.4, 0.5) is 0 Å². The minimum atomic E-state index is -1.38. The molecule has 0 bridgehead atoms. The first kappa shape index (κ1) is 16.8. The lowest BCUT2D eigenvalue weighted by molar-refractivity contribution is -0.272. The number of carbonyl (C=O) groups excluding carboxylic acids is 1. The number of fused-ring (bicyclic) bond motifs is 4. The highest BCUT2D eigenvalue weighted by Crippen LogP contribution is 2.73. The Morgan fingerprint density at radius 2 is 2.08 bits per heavy atom. The van der Waals surface area contributed by atoms with Crippen molar-refractivity contribution in [3.63, 3.8) is 0 Å². The minimum Gasteiger partial charge on any atom is -0.472 e. The molecule has 6 heteroatoms. The van der Waals surface area contributed by atoms with Gasteiger partial charge in [0, 0.05) is 12.0 Å². The molecule has 1 spiro atoms. The van der Waals surface area contributed by atoms with Crippen molar-refractivity contribution in [3.05, 3.63) is 24.2 Å². The van der Waals surface area contributed by atoms with Crippen LogP contribution in [-0.4, -0.2) is 39.6 Å². The van der Waals surface area contributed by atoms with Gasteiger partial charge in [0.05, 0.1) is 35.8 Å². The molecule has 4 aliphatic rings. The van der Waals surface area contributed by atoms with Crippen LogP contribution in [0.5, 0.6) is 0 Å². The van der Waals surface area contributed by atoms with Crippen LogP contribution in [0.15, 0.2) is 23.0 Å². The highest BCUT2D eigenvalue weighted by molar-refractivity contribution is 5.82. The molecule has 0 aromatic carbocycles. The number of ether oxygens (including phenoxy) is 2. The molecule has 6 nitrogen and oxygen atoms in total. The Hall–Kier alpha value is -1.37. The maximum Gasteiger partial charge on any atom is 0.316 e. The van der Waals surface area contributed by atoms with Crippen LogP contribution in [-0.2, 0) is 14.3 Å². The largest absolute Gasteiger partial charge is 0.472 e. The number of epoxide rings is 1. The zero-order valence-electron chi connectivity index (χ0n) is 15.4. The Morgan fingerprint density at radius 1 is 1.31 bits per heavy atom. The summed E-state index contributed by atoms with van der Waals surface area (Å²) in [4.78, 5) is 13.3. The molecule has 142 valence electrons. The molecule has 1 aromatic rings. The Balaban J connectivity index is 1.65. The van der Waals surface area contributed by atoms with Gasteiger partial charge < -0.3 is 24.1 Å². The lowest BCUT2D eigenvalue weighted by Gasteiger charge is -2.64. The number of esters is 1. The molecule has 2 aliphatic heterocycles. The van der Waals surface area contributed by atoms with Crippen molar-refractivity contribution >= 4 is 5.97 Å². The highest BCUT2D eigenvalue weighted by Gasteiger charge is 2.84. The Morgan fingerprint density at radius 3 is 2.77 bits per heavy atom. The molecule has 0 radical (unpaired) electrons. The van der Waals surface area contributed by atoms with Gasteiger partial charge >= 0.3 is 5.97 Å². The number of hydrogen-bond donors (Lipinski definition) is 2. The molecule has 5 rings (SSSR count). The van der Waals surface area contributed by atoms with Gasteiger partial charge in [-0.05, 0) is 38.2 Å². The fraction of sp³-hybridized carbons (Fsp3) is 0.750. The lowest BCUT2D eigenvalue weighted by atomic mass is 9.41. The van der Waals surface area contributed by atoms with Crippen molar-refractivity contribution in [1.29, 1.82) is 0 Å². The number of aliphatic hydroxyl groups is 2. The van der Waals surface area contributed by atoms with Gasteiger partial charge in [-0.15, -0.1) is 0 Å². The van der Waals surface area contributed by atoms with Gasteiger partial charge in [-0.2, -0.15) is 0 Å². The van der Waals surface area contributed by atoms with E-state index in [1.54, 1.807) is 18.6 Å². The third kappa shape index (κ3) is 1.55. The summed E-state index contributed by atoms with van der Waals surface area (Å²) in [5.41, 5.74) is -3.15. The molecule has 2 aliphatic carbocycles. The van der Waals surface area contributed by atoms with Gasteiger partial charge in [0.25, 0.3) is 0 Å². The molecule has 8 unspecified atom stereocenters. The number of carbonyl (C=O) groups is 1. The number of cyclic esters (lactones) is 1. The van der Waals surface area contributed by atoms with E-state index >= 15 is 0 Å². The van der Waals surface area contributed by atoms with E-state index in [1.807, 2.05) is 20.8 Å². The summed E-state index contributed by atoms with van der Waals surface area (Å²) in [5, 5.41) is 23.2. The third-order valence-corrected chi connectivity index (χ3v) is 8.46. The van der Waals surface area contributed by atoms with Crippen LogP contribution >= 0.6 is 0 Å². The number of rotatable bonds is 1. The van der Waals surface area contributed by atoms with Gasteiger partial charge in [-0.1, -0.05) is 13.8 Å². The summed E-state index contributed by atoms with van der Waals surface area (Å²) in [6, 6.07) is 1.80. The lowest BCUT2D eigenvalue weighted by Crippen LogP contribution is -2.75. The maximum absolute atomic E-state index is 13.3. The molecular formula is C20H26O6. The van der Waals surface area contributed by atoms with Crippen molar-refractivity contribution in [1.82, 2.24) is 0 Å². The first-order valence-electron chi connectivity index (χ1n) is 9.52. The monoisotopic (exact) mass is 362 g/mol. The summed E-state index contributed by atoms with van der Waals surface area (Å²) in [5.74, 6) is -0.557. The fourth-order valence-electron chi connectivity index (χ4n) is 6.57. The maximum atomic E-state index is 13.3. The van der Waals surface area contributed by atoms with Gasteiger partial charge in [0.1, 0.15) is 17.1 Å². The molecular weight excluding hydrogens is 336 g/mol. The van der Waals surface area contributed by atoms with E-state index < -0.39 is 34.2 Å². The van der Waals surface area contributed by atoms with E-state index in [9.17, 15) is 15.0 Å². The quantitative estimate of drug-likeness (QED) is 0.588.